The number of anilines is 1. The minimum absolute atomic E-state index is 0.0139. The monoisotopic (exact) mass is 415 g/mol. The first-order valence-electron chi connectivity index (χ1n) is 9.96. The van der Waals surface area contributed by atoms with Gasteiger partial charge in [0.2, 0.25) is 10.0 Å². The average molecular weight is 416 g/mol. The Bertz CT molecular complexity index is 1080. The lowest BCUT2D eigenvalue weighted by atomic mass is 9.83. The second-order valence-corrected chi connectivity index (χ2v) is 9.73. The molecule has 0 saturated carbocycles. The second-order valence-electron chi connectivity index (χ2n) is 7.88. The molecule has 8 heteroatoms. The van der Waals surface area contributed by atoms with E-state index >= 15 is 0 Å². The predicted octanol–water partition coefficient (Wildman–Crippen LogP) is 2.26. The summed E-state index contributed by atoms with van der Waals surface area (Å²) in [5.41, 5.74) is 1.33. The molecule has 2 aliphatic heterocycles. The number of aromatic nitrogens is 1. The molecule has 7 nitrogen and oxygen atoms in total. The van der Waals surface area contributed by atoms with Crippen molar-refractivity contribution in [1.82, 2.24) is 9.47 Å². The third-order valence-corrected chi connectivity index (χ3v) is 7.13. The number of sulfonamides is 1. The summed E-state index contributed by atoms with van der Waals surface area (Å²) in [5, 5.41) is 0. The molecule has 0 radical (unpaired) electrons. The maximum absolute atomic E-state index is 12.9. The summed E-state index contributed by atoms with van der Waals surface area (Å²) in [6.45, 7) is 3.43. The van der Waals surface area contributed by atoms with Crippen LogP contribution in [0.2, 0.25) is 0 Å². The largest absolute Gasteiger partial charge is 0.338 e. The lowest BCUT2D eigenvalue weighted by Gasteiger charge is -2.43. The van der Waals surface area contributed by atoms with Gasteiger partial charge >= 0.3 is 0 Å². The van der Waals surface area contributed by atoms with Gasteiger partial charge in [-0.15, -0.1) is 0 Å². The van der Waals surface area contributed by atoms with E-state index in [9.17, 15) is 18.0 Å². The maximum Gasteiger partial charge on any atom is 0.275 e. The minimum Gasteiger partial charge on any atom is -0.338 e. The van der Waals surface area contributed by atoms with Gasteiger partial charge in [0.1, 0.15) is 5.69 Å². The van der Waals surface area contributed by atoms with Crippen LogP contribution in [0.5, 0.6) is 0 Å². The van der Waals surface area contributed by atoms with Crippen LogP contribution in [0.1, 0.15) is 41.7 Å². The van der Waals surface area contributed by atoms with Gasteiger partial charge < -0.3 is 9.47 Å². The molecule has 2 atom stereocenters. The van der Waals surface area contributed by atoms with E-state index in [2.05, 4.69) is 4.72 Å². The molecule has 0 spiro atoms. The third-order valence-electron chi connectivity index (χ3n) is 5.65. The summed E-state index contributed by atoms with van der Waals surface area (Å²) >= 11 is 0. The van der Waals surface area contributed by atoms with Crippen molar-refractivity contribution < 1.29 is 13.2 Å². The van der Waals surface area contributed by atoms with E-state index in [1.54, 1.807) is 17.6 Å². The molecule has 2 bridgehead atoms. The molecule has 1 aromatic heterocycles. The van der Waals surface area contributed by atoms with Crippen molar-refractivity contribution in [3.63, 3.8) is 0 Å². The van der Waals surface area contributed by atoms with Crippen molar-refractivity contribution in [2.75, 3.05) is 23.6 Å². The number of piperidine rings is 1. The van der Waals surface area contributed by atoms with Crippen molar-refractivity contribution in [3.05, 3.63) is 64.1 Å². The van der Waals surface area contributed by atoms with Crippen LogP contribution in [-0.4, -0.2) is 42.6 Å². The molecule has 3 heterocycles. The topological polar surface area (TPSA) is 88.5 Å². The summed E-state index contributed by atoms with van der Waals surface area (Å²) in [6, 6.07) is 12.6. The number of rotatable bonds is 5. The first-order chi connectivity index (χ1) is 13.9. The second kappa shape index (κ2) is 7.67. The zero-order valence-electron chi connectivity index (χ0n) is 16.4. The molecule has 1 saturated heterocycles. The lowest BCUT2D eigenvalue weighted by Crippen LogP contribution is -2.49. The number of hydrogen-bond acceptors (Lipinski definition) is 4. The highest BCUT2D eigenvalue weighted by atomic mass is 32.2. The molecule has 1 amide bonds. The third kappa shape index (κ3) is 3.94. The molecule has 2 unspecified atom stereocenters. The Morgan fingerprint density at radius 2 is 1.86 bits per heavy atom. The van der Waals surface area contributed by atoms with Crippen LogP contribution < -0.4 is 10.3 Å². The number of benzene rings is 1. The van der Waals surface area contributed by atoms with Crippen LogP contribution in [0.25, 0.3) is 0 Å². The number of nitrogens with one attached hydrogen (secondary N) is 1. The number of amides is 1. The standard InChI is InChI=1S/C21H25N3O4S/c1-2-10-29(27,28)22-18-8-9-19-17-11-15(13-24(19)21(18)26)12-23(14-17)20(25)16-6-4-3-5-7-16/h3-9,15,17,22H,2,10-14H2,1H3. The van der Waals surface area contributed by atoms with Crippen LogP contribution in [0.15, 0.2) is 47.3 Å². The van der Waals surface area contributed by atoms with Crippen molar-refractivity contribution in [1.29, 1.82) is 0 Å². The van der Waals surface area contributed by atoms with Gasteiger partial charge in [-0.05, 0) is 43.0 Å². The number of hydrogen-bond donors (Lipinski definition) is 1. The maximum atomic E-state index is 12.9. The van der Waals surface area contributed by atoms with Gasteiger partial charge in [0, 0.05) is 36.8 Å². The Labute approximate surface area is 170 Å². The van der Waals surface area contributed by atoms with Gasteiger partial charge in [-0.3, -0.25) is 14.3 Å². The molecule has 1 N–H and O–H groups in total. The van der Waals surface area contributed by atoms with Crippen LogP contribution in [0.3, 0.4) is 0 Å². The number of carbonyl (C=O) groups excluding carboxylic acids is 1. The summed E-state index contributed by atoms with van der Waals surface area (Å²) in [5.74, 6) is 0.244. The van der Waals surface area contributed by atoms with E-state index in [0.717, 1.165) is 12.1 Å². The molecule has 0 aliphatic carbocycles. The Morgan fingerprint density at radius 1 is 1.10 bits per heavy atom. The van der Waals surface area contributed by atoms with Crippen LogP contribution >= 0.6 is 0 Å². The molecule has 2 aromatic rings. The first kappa shape index (κ1) is 19.7. The van der Waals surface area contributed by atoms with Crippen LogP contribution in [0.4, 0.5) is 5.69 Å². The van der Waals surface area contributed by atoms with Crippen molar-refractivity contribution in [2.45, 2.75) is 32.2 Å². The SMILES string of the molecule is CCCS(=O)(=O)Nc1ccc2n(c1=O)CC1CC2CN(C(=O)c2ccccc2)C1. The van der Waals surface area contributed by atoms with Crippen molar-refractivity contribution in [2.24, 2.45) is 5.92 Å². The number of carbonyl (C=O) groups is 1. The number of likely N-dealkylation sites (tertiary alicyclic amines) is 1. The minimum atomic E-state index is -3.52. The smallest absolute Gasteiger partial charge is 0.275 e. The quantitative estimate of drug-likeness (QED) is 0.811. The van der Waals surface area contributed by atoms with Crippen molar-refractivity contribution >= 4 is 21.6 Å². The van der Waals surface area contributed by atoms with Gasteiger partial charge in [-0.2, -0.15) is 0 Å². The Balaban J connectivity index is 1.59. The molecule has 1 fully saturated rings. The van der Waals surface area contributed by atoms with Gasteiger partial charge in [-0.1, -0.05) is 25.1 Å². The Hall–Kier alpha value is -2.61. The Morgan fingerprint density at radius 3 is 2.59 bits per heavy atom. The zero-order valence-corrected chi connectivity index (χ0v) is 17.2. The highest BCUT2D eigenvalue weighted by Gasteiger charge is 2.37. The molecular formula is C21H25N3O4S. The summed E-state index contributed by atoms with van der Waals surface area (Å²) in [7, 11) is -3.52. The predicted molar refractivity (Wildman–Crippen MR) is 112 cm³/mol. The van der Waals surface area contributed by atoms with E-state index in [-0.39, 0.29) is 34.7 Å². The van der Waals surface area contributed by atoms with E-state index in [1.807, 2.05) is 41.3 Å². The van der Waals surface area contributed by atoms with E-state index in [1.165, 1.54) is 0 Å². The van der Waals surface area contributed by atoms with Crippen molar-refractivity contribution in [3.8, 4) is 0 Å². The van der Waals surface area contributed by atoms with E-state index in [4.69, 9.17) is 0 Å². The van der Waals surface area contributed by atoms with Gasteiger partial charge in [0.05, 0.1) is 5.75 Å². The fourth-order valence-electron chi connectivity index (χ4n) is 4.44. The molecular weight excluding hydrogens is 390 g/mol. The van der Waals surface area contributed by atoms with Gasteiger partial charge in [0.15, 0.2) is 0 Å². The highest BCUT2D eigenvalue weighted by molar-refractivity contribution is 7.92. The number of fused-ring (bicyclic) bond motifs is 4. The van der Waals surface area contributed by atoms with Crippen LogP contribution in [-0.2, 0) is 16.6 Å². The molecule has 154 valence electrons. The molecule has 29 heavy (non-hydrogen) atoms. The van der Waals surface area contributed by atoms with E-state index in [0.29, 0.717) is 31.6 Å². The van der Waals surface area contributed by atoms with Gasteiger partial charge in [0.25, 0.3) is 11.5 Å². The fourth-order valence-corrected chi connectivity index (χ4v) is 5.57. The fraction of sp³-hybridized carbons (Fsp3) is 0.429. The summed E-state index contributed by atoms with van der Waals surface area (Å²) in [6.07, 6.45) is 1.41. The van der Waals surface area contributed by atoms with Gasteiger partial charge in [-0.25, -0.2) is 8.42 Å². The van der Waals surface area contributed by atoms with Crippen LogP contribution in [0, 0.1) is 5.92 Å². The average Bonchev–Trinajstić information content (AvgIpc) is 2.70. The first-order valence-corrected chi connectivity index (χ1v) is 11.6. The van der Waals surface area contributed by atoms with E-state index < -0.39 is 10.0 Å². The highest BCUT2D eigenvalue weighted by Crippen LogP contribution is 2.36. The normalized spacial score (nSPS) is 20.8. The zero-order chi connectivity index (χ0) is 20.6. The number of nitrogens with zero attached hydrogens (tertiary/aromatic N) is 2. The number of pyridine rings is 1. The summed E-state index contributed by atoms with van der Waals surface area (Å²) < 4.78 is 28.2. The molecule has 2 aliphatic rings. The Kier molecular flexibility index (Phi) is 5.21. The molecule has 1 aromatic carbocycles. The lowest BCUT2D eigenvalue weighted by molar-refractivity contribution is 0.0594. The summed E-state index contributed by atoms with van der Waals surface area (Å²) in [4.78, 5) is 27.7. The molecule has 4 rings (SSSR count).